The first-order valence-electron chi connectivity index (χ1n) is 5.75. The van der Waals surface area contributed by atoms with E-state index >= 15 is 0 Å². The van der Waals surface area contributed by atoms with Crippen molar-refractivity contribution in [3.8, 4) is 0 Å². The summed E-state index contributed by atoms with van der Waals surface area (Å²) < 4.78 is 11.5. The van der Waals surface area contributed by atoms with Crippen LogP contribution in [0, 0.1) is 0 Å². The molecule has 1 N–H and O–H groups in total. The summed E-state index contributed by atoms with van der Waals surface area (Å²) in [5.41, 5.74) is 0. The zero-order valence-corrected chi connectivity index (χ0v) is 11.9. The molecule has 0 fully saturated rings. The first-order valence-corrected chi connectivity index (χ1v) is 6.95. The van der Waals surface area contributed by atoms with Crippen LogP contribution >= 0.6 is 22.9 Å². The molecule has 0 spiro atoms. The van der Waals surface area contributed by atoms with Crippen molar-refractivity contribution in [2.75, 3.05) is 13.7 Å². The maximum absolute atomic E-state index is 5.99. The quantitative estimate of drug-likeness (QED) is 0.879. The molecule has 5 heteroatoms. The zero-order valence-electron chi connectivity index (χ0n) is 10.4. The normalized spacial score (nSPS) is 14.6. The number of hydrogen-bond donors (Lipinski definition) is 1. The van der Waals surface area contributed by atoms with E-state index < -0.39 is 0 Å². The summed E-state index contributed by atoms with van der Waals surface area (Å²) in [5, 5.41) is 3.44. The van der Waals surface area contributed by atoms with E-state index in [1.54, 1.807) is 24.7 Å². The van der Waals surface area contributed by atoms with Crippen molar-refractivity contribution in [2.24, 2.45) is 0 Å². The fraction of sp³-hybridized carbons (Fsp3) is 0.385. The lowest BCUT2D eigenvalue weighted by atomic mass is 10.2. The van der Waals surface area contributed by atoms with Gasteiger partial charge in [-0.15, -0.1) is 11.3 Å². The van der Waals surface area contributed by atoms with Crippen LogP contribution in [0.15, 0.2) is 34.9 Å². The third-order valence-corrected chi connectivity index (χ3v) is 4.01. The molecule has 2 unspecified atom stereocenters. The summed E-state index contributed by atoms with van der Waals surface area (Å²) in [6.45, 7) is 2.77. The summed E-state index contributed by atoms with van der Waals surface area (Å²) in [4.78, 5) is 1.14. The Hall–Kier alpha value is -0.810. The molecule has 0 aliphatic carbocycles. The van der Waals surface area contributed by atoms with Crippen molar-refractivity contribution in [1.82, 2.24) is 5.32 Å². The van der Waals surface area contributed by atoms with E-state index in [0.29, 0.717) is 0 Å². The monoisotopic (exact) mass is 285 g/mol. The topological polar surface area (TPSA) is 34.4 Å². The molecular weight excluding hydrogens is 270 g/mol. The van der Waals surface area contributed by atoms with Crippen LogP contribution in [0.5, 0.6) is 0 Å². The van der Waals surface area contributed by atoms with Crippen molar-refractivity contribution in [1.29, 1.82) is 0 Å². The van der Waals surface area contributed by atoms with E-state index in [1.165, 1.54) is 0 Å². The number of furan rings is 1. The van der Waals surface area contributed by atoms with Crippen LogP contribution in [-0.4, -0.2) is 19.8 Å². The van der Waals surface area contributed by atoms with Crippen molar-refractivity contribution >= 4 is 22.9 Å². The standard InChI is InChI=1S/C13H16ClNO2S/c1-9(16-2)8-15-13(10-4-3-7-17-10)11-5-6-12(14)18-11/h3-7,9,13,15H,8H2,1-2H3. The molecule has 0 aromatic carbocycles. The minimum absolute atomic E-state index is 0.0232. The van der Waals surface area contributed by atoms with E-state index in [1.807, 2.05) is 31.2 Å². The van der Waals surface area contributed by atoms with E-state index in [-0.39, 0.29) is 12.1 Å². The predicted molar refractivity (Wildman–Crippen MR) is 74.4 cm³/mol. The van der Waals surface area contributed by atoms with E-state index in [0.717, 1.165) is 21.5 Å². The average Bonchev–Trinajstić information content (AvgIpc) is 3.01. The van der Waals surface area contributed by atoms with Crippen LogP contribution in [-0.2, 0) is 4.74 Å². The van der Waals surface area contributed by atoms with Gasteiger partial charge in [-0.1, -0.05) is 11.6 Å². The van der Waals surface area contributed by atoms with E-state index in [2.05, 4.69) is 5.32 Å². The first-order chi connectivity index (χ1) is 8.70. The molecule has 98 valence electrons. The number of halogens is 1. The second-order valence-corrected chi connectivity index (χ2v) is 5.79. The van der Waals surface area contributed by atoms with Gasteiger partial charge in [0.15, 0.2) is 0 Å². The molecule has 2 aromatic rings. The van der Waals surface area contributed by atoms with Gasteiger partial charge in [-0.2, -0.15) is 0 Å². The smallest absolute Gasteiger partial charge is 0.126 e. The number of nitrogens with one attached hydrogen (secondary N) is 1. The summed E-state index contributed by atoms with van der Waals surface area (Å²) >= 11 is 7.55. The van der Waals surface area contributed by atoms with Gasteiger partial charge in [0.25, 0.3) is 0 Å². The third-order valence-electron chi connectivity index (χ3n) is 2.72. The van der Waals surface area contributed by atoms with Crippen LogP contribution < -0.4 is 5.32 Å². The Morgan fingerprint density at radius 3 is 2.83 bits per heavy atom. The molecule has 0 aliphatic heterocycles. The van der Waals surface area contributed by atoms with Crippen LogP contribution in [0.3, 0.4) is 0 Å². The molecular formula is C13H16ClNO2S. The third kappa shape index (κ3) is 3.36. The predicted octanol–water partition coefficient (Wildman–Crippen LogP) is 3.71. The molecule has 2 heterocycles. The molecule has 18 heavy (non-hydrogen) atoms. The fourth-order valence-corrected chi connectivity index (χ4v) is 2.79. The Kier molecular flexibility index (Phi) is 4.83. The van der Waals surface area contributed by atoms with Gasteiger partial charge < -0.3 is 14.5 Å². The van der Waals surface area contributed by atoms with E-state index in [9.17, 15) is 0 Å². The Balaban J connectivity index is 2.13. The lowest BCUT2D eigenvalue weighted by molar-refractivity contribution is 0.115. The number of thiophene rings is 1. The Bertz CT molecular complexity index is 469. The minimum atomic E-state index is 0.0232. The molecule has 0 saturated heterocycles. The molecule has 2 rings (SSSR count). The number of rotatable bonds is 6. The molecule has 0 saturated carbocycles. The SMILES string of the molecule is COC(C)CNC(c1ccco1)c1ccc(Cl)s1. The van der Waals surface area contributed by atoms with Crippen LogP contribution in [0.1, 0.15) is 23.6 Å². The highest BCUT2D eigenvalue weighted by Gasteiger charge is 2.19. The summed E-state index contributed by atoms with van der Waals surface area (Å²) in [6.07, 6.45) is 1.83. The summed E-state index contributed by atoms with van der Waals surface area (Å²) in [6, 6.07) is 7.79. The van der Waals surface area contributed by atoms with Gasteiger partial charge in [0.1, 0.15) is 11.8 Å². The molecule has 0 bridgehead atoms. The number of hydrogen-bond acceptors (Lipinski definition) is 4. The molecule has 0 aliphatic rings. The highest BCUT2D eigenvalue weighted by Crippen LogP contribution is 2.31. The highest BCUT2D eigenvalue weighted by molar-refractivity contribution is 7.16. The van der Waals surface area contributed by atoms with Gasteiger partial charge in [-0.05, 0) is 31.2 Å². The molecule has 2 aromatic heterocycles. The maximum atomic E-state index is 5.99. The van der Waals surface area contributed by atoms with Gasteiger partial charge >= 0.3 is 0 Å². The van der Waals surface area contributed by atoms with Crippen molar-refractivity contribution in [3.63, 3.8) is 0 Å². The molecule has 2 atom stereocenters. The summed E-state index contributed by atoms with van der Waals surface area (Å²) in [5.74, 6) is 0.886. The van der Waals surface area contributed by atoms with Crippen LogP contribution in [0.2, 0.25) is 4.34 Å². The van der Waals surface area contributed by atoms with Crippen molar-refractivity contribution < 1.29 is 9.15 Å². The van der Waals surface area contributed by atoms with Gasteiger partial charge in [-0.25, -0.2) is 0 Å². The molecule has 3 nitrogen and oxygen atoms in total. The molecule has 0 amide bonds. The van der Waals surface area contributed by atoms with Crippen LogP contribution in [0.4, 0.5) is 0 Å². The fourth-order valence-electron chi connectivity index (χ4n) is 1.65. The maximum Gasteiger partial charge on any atom is 0.126 e. The van der Waals surface area contributed by atoms with Crippen molar-refractivity contribution in [3.05, 3.63) is 45.5 Å². The van der Waals surface area contributed by atoms with Gasteiger partial charge in [0.05, 0.1) is 16.7 Å². The van der Waals surface area contributed by atoms with Gasteiger partial charge in [0.2, 0.25) is 0 Å². The Labute approximate surface area is 116 Å². The lowest BCUT2D eigenvalue weighted by Gasteiger charge is -2.18. The zero-order chi connectivity index (χ0) is 13.0. The average molecular weight is 286 g/mol. The van der Waals surface area contributed by atoms with E-state index in [4.69, 9.17) is 20.8 Å². The minimum Gasteiger partial charge on any atom is -0.467 e. The number of methoxy groups -OCH3 is 1. The summed E-state index contributed by atoms with van der Waals surface area (Å²) in [7, 11) is 1.70. The second kappa shape index (κ2) is 6.38. The van der Waals surface area contributed by atoms with Gasteiger partial charge in [0, 0.05) is 18.5 Å². The van der Waals surface area contributed by atoms with Gasteiger partial charge in [-0.3, -0.25) is 0 Å². The second-order valence-electron chi connectivity index (χ2n) is 4.04. The number of ether oxygens (including phenoxy) is 1. The molecule has 0 radical (unpaired) electrons. The lowest BCUT2D eigenvalue weighted by Crippen LogP contribution is -2.29. The Morgan fingerprint density at radius 2 is 2.28 bits per heavy atom. The largest absolute Gasteiger partial charge is 0.467 e. The Morgan fingerprint density at radius 1 is 1.44 bits per heavy atom. The highest BCUT2D eigenvalue weighted by atomic mass is 35.5. The van der Waals surface area contributed by atoms with Crippen molar-refractivity contribution in [2.45, 2.75) is 19.1 Å². The first kappa shape index (κ1) is 13.6. The van der Waals surface area contributed by atoms with Crippen LogP contribution in [0.25, 0.3) is 0 Å².